The molecule has 0 saturated carbocycles. The average molecular weight is 298 g/mol. The monoisotopic (exact) mass is 298 g/mol. The van der Waals surface area contributed by atoms with Crippen molar-refractivity contribution >= 4 is 5.91 Å². The highest BCUT2D eigenvalue weighted by Gasteiger charge is 2.13. The molecule has 4 N–H and O–H groups in total. The van der Waals surface area contributed by atoms with E-state index in [-0.39, 0.29) is 6.54 Å². The van der Waals surface area contributed by atoms with Crippen molar-refractivity contribution in [3.05, 3.63) is 17.7 Å². The standard InChI is InChI=1S/C14H22N2O5/c1-19-11-6-9(7-12(20-2)13(11)21-3)4-5-16-8-10(17)14(15)18/h6-7,10,16-17H,4-5,8H2,1-3H3,(H2,15,18)/t10-/m1/s1. The Kier molecular flexibility index (Phi) is 6.77. The average Bonchev–Trinajstić information content (AvgIpc) is 2.49. The molecular weight excluding hydrogens is 276 g/mol. The molecule has 21 heavy (non-hydrogen) atoms. The Morgan fingerprint density at radius 1 is 1.24 bits per heavy atom. The highest BCUT2D eigenvalue weighted by atomic mass is 16.5. The largest absolute Gasteiger partial charge is 0.493 e. The molecule has 1 atom stereocenters. The van der Waals surface area contributed by atoms with E-state index in [2.05, 4.69) is 5.32 Å². The van der Waals surface area contributed by atoms with Gasteiger partial charge >= 0.3 is 0 Å². The summed E-state index contributed by atoms with van der Waals surface area (Å²) in [6, 6.07) is 3.71. The van der Waals surface area contributed by atoms with Crippen LogP contribution < -0.4 is 25.3 Å². The third-order valence-electron chi connectivity index (χ3n) is 2.98. The molecule has 0 fully saturated rings. The Balaban J connectivity index is 2.65. The molecule has 0 unspecified atom stereocenters. The number of nitrogens with one attached hydrogen (secondary N) is 1. The molecule has 0 radical (unpaired) electrons. The second-order valence-electron chi connectivity index (χ2n) is 4.41. The quantitative estimate of drug-likeness (QED) is 0.540. The molecule has 0 spiro atoms. The molecule has 7 heteroatoms. The van der Waals surface area contributed by atoms with Gasteiger partial charge in [0, 0.05) is 6.54 Å². The zero-order chi connectivity index (χ0) is 15.8. The van der Waals surface area contributed by atoms with Gasteiger partial charge in [0.1, 0.15) is 6.10 Å². The van der Waals surface area contributed by atoms with Gasteiger partial charge in [-0.3, -0.25) is 4.79 Å². The number of rotatable bonds is 9. The molecule has 0 aliphatic rings. The summed E-state index contributed by atoms with van der Waals surface area (Å²) in [5.41, 5.74) is 5.94. The lowest BCUT2D eigenvalue weighted by molar-refractivity contribution is -0.125. The molecule has 0 heterocycles. The van der Waals surface area contributed by atoms with Crippen molar-refractivity contribution in [1.29, 1.82) is 0 Å². The number of primary amides is 1. The van der Waals surface area contributed by atoms with Crippen LogP contribution in [0.1, 0.15) is 5.56 Å². The number of ether oxygens (including phenoxy) is 3. The van der Waals surface area contributed by atoms with Crippen LogP contribution in [-0.4, -0.2) is 51.5 Å². The Morgan fingerprint density at radius 2 is 1.81 bits per heavy atom. The molecule has 7 nitrogen and oxygen atoms in total. The number of amides is 1. The van der Waals surface area contributed by atoms with Crippen LogP contribution in [0.5, 0.6) is 17.2 Å². The number of carbonyl (C=O) groups is 1. The van der Waals surface area contributed by atoms with E-state index in [1.165, 1.54) is 0 Å². The fourth-order valence-electron chi connectivity index (χ4n) is 1.85. The predicted molar refractivity (Wildman–Crippen MR) is 77.9 cm³/mol. The summed E-state index contributed by atoms with van der Waals surface area (Å²) in [6.07, 6.45) is -0.507. The molecule has 118 valence electrons. The topological polar surface area (TPSA) is 103 Å². The summed E-state index contributed by atoms with van der Waals surface area (Å²) in [5.74, 6) is 0.976. The van der Waals surface area contributed by atoms with E-state index < -0.39 is 12.0 Å². The summed E-state index contributed by atoms with van der Waals surface area (Å²) >= 11 is 0. The van der Waals surface area contributed by atoms with E-state index in [1.807, 2.05) is 12.1 Å². The van der Waals surface area contributed by atoms with Gasteiger partial charge in [-0.2, -0.15) is 0 Å². The van der Waals surface area contributed by atoms with Crippen LogP contribution in [0.3, 0.4) is 0 Å². The smallest absolute Gasteiger partial charge is 0.247 e. The first kappa shape index (κ1) is 17.1. The van der Waals surface area contributed by atoms with Crippen LogP contribution in [0.25, 0.3) is 0 Å². The second-order valence-corrected chi connectivity index (χ2v) is 4.41. The molecule has 0 aromatic heterocycles. The zero-order valence-electron chi connectivity index (χ0n) is 12.5. The maximum Gasteiger partial charge on any atom is 0.247 e. The summed E-state index contributed by atoms with van der Waals surface area (Å²) in [5, 5.41) is 12.2. The van der Waals surface area contributed by atoms with Crippen LogP contribution in [0.15, 0.2) is 12.1 Å². The fourth-order valence-corrected chi connectivity index (χ4v) is 1.85. The maximum atomic E-state index is 10.7. The van der Waals surface area contributed by atoms with Gasteiger partial charge in [-0.25, -0.2) is 0 Å². The molecule has 1 amide bonds. The minimum atomic E-state index is -1.18. The van der Waals surface area contributed by atoms with Gasteiger partial charge in [0.2, 0.25) is 11.7 Å². The Morgan fingerprint density at radius 3 is 2.24 bits per heavy atom. The number of benzene rings is 1. The van der Waals surface area contributed by atoms with Crippen molar-refractivity contribution in [1.82, 2.24) is 5.32 Å². The van der Waals surface area contributed by atoms with E-state index in [4.69, 9.17) is 19.9 Å². The van der Waals surface area contributed by atoms with Gasteiger partial charge in [0.25, 0.3) is 0 Å². The van der Waals surface area contributed by atoms with Crippen molar-refractivity contribution in [2.24, 2.45) is 5.73 Å². The Labute approximate surface area is 124 Å². The number of methoxy groups -OCH3 is 3. The molecule has 0 bridgehead atoms. The summed E-state index contributed by atoms with van der Waals surface area (Å²) in [6.45, 7) is 0.697. The number of nitrogens with two attached hydrogens (primary N) is 1. The van der Waals surface area contributed by atoms with Crippen LogP contribution in [0.4, 0.5) is 0 Å². The first-order valence-corrected chi connectivity index (χ1v) is 6.50. The molecule has 0 saturated heterocycles. The summed E-state index contributed by atoms with van der Waals surface area (Å²) in [7, 11) is 4.66. The van der Waals surface area contributed by atoms with Crippen LogP contribution in [0, 0.1) is 0 Å². The van der Waals surface area contributed by atoms with Crippen molar-refractivity contribution in [3.63, 3.8) is 0 Å². The minimum absolute atomic E-state index is 0.125. The van der Waals surface area contributed by atoms with Gasteiger partial charge in [-0.05, 0) is 30.7 Å². The van der Waals surface area contributed by atoms with Crippen LogP contribution in [0.2, 0.25) is 0 Å². The van der Waals surface area contributed by atoms with E-state index in [1.54, 1.807) is 21.3 Å². The number of aliphatic hydroxyl groups is 1. The van der Waals surface area contributed by atoms with E-state index in [0.29, 0.717) is 30.2 Å². The van der Waals surface area contributed by atoms with Crippen molar-refractivity contribution in [2.45, 2.75) is 12.5 Å². The lowest BCUT2D eigenvalue weighted by Crippen LogP contribution is -2.38. The number of hydrogen-bond donors (Lipinski definition) is 3. The van der Waals surface area contributed by atoms with Crippen molar-refractivity contribution < 1.29 is 24.1 Å². The Bertz CT molecular complexity index is 453. The maximum absolute atomic E-state index is 10.7. The van der Waals surface area contributed by atoms with Crippen molar-refractivity contribution in [2.75, 3.05) is 34.4 Å². The van der Waals surface area contributed by atoms with Gasteiger partial charge in [0.05, 0.1) is 21.3 Å². The molecule has 0 aliphatic heterocycles. The van der Waals surface area contributed by atoms with Gasteiger partial charge < -0.3 is 30.4 Å². The van der Waals surface area contributed by atoms with E-state index in [9.17, 15) is 9.90 Å². The van der Waals surface area contributed by atoms with Gasteiger partial charge in [-0.1, -0.05) is 0 Å². The number of carbonyl (C=O) groups excluding carboxylic acids is 1. The third kappa shape index (κ3) is 4.80. The van der Waals surface area contributed by atoms with Crippen LogP contribution >= 0.6 is 0 Å². The molecule has 0 aliphatic carbocycles. The first-order chi connectivity index (χ1) is 10.0. The lowest BCUT2D eigenvalue weighted by Gasteiger charge is -2.14. The third-order valence-corrected chi connectivity index (χ3v) is 2.98. The minimum Gasteiger partial charge on any atom is -0.493 e. The normalized spacial score (nSPS) is 11.8. The molecule has 1 aromatic carbocycles. The van der Waals surface area contributed by atoms with Gasteiger partial charge in [-0.15, -0.1) is 0 Å². The zero-order valence-corrected chi connectivity index (χ0v) is 12.5. The highest BCUT2D eigenvalue weighted by Crippen LogP contribution is 2.38. The molecule has 1 aromatic rings. The van der Waals surface area contributed by atoms with Crippen molar-refractivity contribution in [3.8, 4) is 17.2 Å². The van der Waals surface area contributed by atoms with E-state index in [0.717, 1.165) is 5.56 Å². The lowest BCUT2D eigenvalue weighted by atomic mass is 10.1. The molecular formula is C14H22N2O5. The number of hydrogen-bond acceptors (Lipinski definition) is 6. The SMILES string of the molecule is COc1cc(CCNC[C@@H](O)C(N)=O)cc(OC)c1OC. The molecule has 1 rings (SSSR count). The fraction of sp³-hybridized carbons (Fsp3) is 0.500. The number of aliphatic hydroxyl groups excluding tert-OH is 1. The Hall–Kier alpha value is -1.99. The second kappa shape index (κ2) is 8.33. The summed E-state index contributed by atoms with van der Waals surface area (Å²) < 4.78 is 15.8. The van der Waals surface area contributed by atoms with Crippen LogP contribution in [-0.2, 0) is 11.2 Å². The predicted octanol–water partition coefficient (Wildman–Crippen LogP) is -0.309. The van der Waals surface area contributed by atoms with Gasteiger partial charge in [0.15, 0.2) is 11.5 Å². The summed E-state index contributed by atoms with van der Waals surface area (Å²) in [4.78, 5) is 10.7. The highest BCUT2D eigenvalue weighted by molar-refractivity contribution is 5.78. The first-order valence-electron chi connectivity index (χ1n) is 6.50. The van der Waals surface area contributed by atoms with E-state index >= 15 is 0 Å².